The van der Waals surface area contributed by atoms with E-state index in [9.17, 15) is 18.0 Å². The Bertz CT molecular complexity index is 435. The van der Waals surface area contributed by atoms with E-state index in [0.717, 1.165) is 12.4 Å². The molecule has 1 rings (SSSR count). The Labute approximate surface area is 102 Å². The number of aliphatic carboxylic acids is 1. The monoisotopic (exact) mass is 262 g/mol. The van der Waals surface area contributed by atoms with E-state index in [1.165, 1.54) is 0 Å². The summed E-state index contributed by atoms with van der Waals surface area (Å²) in [4.78, 5) is 17.5. The number of hydrogen-bond acceptors (Lipinski definition) is 3. The zero-order valence-corrected chi connectivity index (χ0v) is 10.1. The van der Waals surface area contributed by atoms with Crippen LogP contribution < -0.4 is 0 Å². The van der Waals surface area contributed by atoms with Crippen LogP contribution in [0.1, 0.15) is 38.1 Å². The lowest BCUT2D eigenvalue weighted by Gasteiger charge is -2.26. The van der Waals surface area contributed by atoms with E-state index in [0.29, 0.717) is 0 Å². The molecule has 1 N–H and O–H groups in total. The number of rotatable bonds is 2. The highest BCUT2D eigenvalue weighted by molar-refractivity contribution is 5.76. The minimum Gasteiger partial charge on any atom is -0.481 e. The van der Waals surface area contributed by atoms with Crippen molar-refractivity contribution < 1.29 is 23.1 Å². The molecule has 4 nitrogen and oxygen atoms in total. The lowest BCUT2D eigenvalue weighted by atomic mass is 9.77. The van der Waals surface area contributed by atoms with Gasteiger partial charge in [0.05, 0.1) is 5.92 Å². The van der Waals surface area contributed by atoms with Crippen molar-refractivity contribution in [2.75, 3.05) is 0 Å². The molecule has 0 unspecified atom stereocenters. The van der Waals surface area contributed by atoms with Crippen LogP contribution in [0.5, 0.6) is 0 Å². The van der Waals surface area contributed by atoms with Gasteiger partial charge < -0.3 is 5.11 Å². The third-order valence-corrected chi connectivity index (χ3v) is 2.37. The summed E-state index contributed by atoms with van der Waals surface area (Å²) in [6, 6.07) is 0. The Hall–Kier alpha value is -1.66. The number of alkyl halides is 3. The summed E-state index contributed by atoms with van der Waals surface area (Å²) in [5.74, 6) is -3.35. The Morgan fingerprint density at radius 3 is 1.94 bits per heavy atom. The maximum Gasteiger partial charge on any atom is 0.451 e. The number of carbonyl (C=O) groups is 1. The lowest BCUT2D eigenvalue weighted by Crippen LogP contribution is -2.27. The summed E-state index contributed by atoms with van der Waals surface area (Å²) in [7, 11) is 0. The molecule has 1 atom stereocenters. The van der Waals surface area contributed by atoms with Crippen LogP contribution in [0.25, 0.3) is 0 Å². The molecule has 0 fully saturated rings. The largest absolute Gasteiger partial charge is 0.481 e. The molecule has 0 saturated heterocycles. The molecule has 0 aromatic carbocycles. The third-order valence-electron chi connectivity index (χ3n) is 2.37. The molecule has 1 aromatic rings. The van der Waals surface area contributed by atoms with E-state index < -0.39 is 29.3 Å². The number of aromatic nitrogens is 2. The van der Waals surface area contributed by atoms with Gasteiger partial charge in [0, 0.05) is 18.0 Å². The van der Waals surface area contributed by atoms with Gasteiger partial charge in [0.25, 0.3) is 0 Å². The summed E-state index contributed by atoms with van der Waals surface area (Å²) >= 11 is 0. The van der Waals surface area contributed by atoms with Crippen LogP contribution >= 0.6 is 0 Å². The number of carboxylic acids is 1. The summed E-state index contributed by atoms with van der Waals surface area (Å²) in [6.07, 6.45) is -2.79. The second kappa shape index (κ2) is 4.55. The average Bonchev–Trinajstić information content (AvgIpc) is 2.13. The van der Waals surface area contributed by atoms with Gasteiger partial charge >= 0.3 is 12.1 Å². The van der Waals surface area contributed by atoms with Gasteiger partial charge in [0.1, 0.15) is 0 Å². The first-order chi connectivity index (χ1) is 8.03. The molecule has 1 heterocycles. The zero-order valence-electron chi connectivity index (χ0n) is 10.1. The predicted octanol–water partition coefficient (Wildman–Crippen LogP) is 2.71. The number of carboxylic acid groups (broad SMARTS) is 1. The van der Waals surface area contributed by atoms with Gasteiger partial charge in [0.15, 0.2) is 0 Å². The van der Waals surface area contributed by atoms with Crippen LogP contribution in [0, 0.1) is 5.41 Å². The highest BCUT2D eigenvalue weighted by Crippen LogP contribution is 2.35. The van der Waals surface area contributed by atoms with E-state index in [1.807, 2.05) is 0 Å². The van der Waals surface area contributed by atoms with Gasteiger partial charge in [-0.1, -0.05) is 20.8 Å². The molecular weight excluding hydrogens is 249 g/mol. The molecule has 7 heteroatoms. The van der Waals surface area contributed by atoms with Crippen LogP contribution in [0.15, 0.2) is 12.4 Å². The predicted molar refractivity (Wildman–Crippen MR) is 56.9 cm³/mol. The van der Waals surface area contributed by atoms with E-state index in [-0.39, 0.29) is 5.56 Å². The van der Waals surface area contributed by atoms with Gasteiger partial charge in [-0.25, -0.2) is 9.97 Å². The molecule has 0 saturated carbocycles. The molecule has 0 aliphatic rings. The molecular formula is C11H13F3N2O2. The van der Waals surface area contributed by atoms with Crippen LogP contribution in [-0.4, -0.2) is 21.0 Å². The minimum atomic E-state index is -4.63. The van der Waals surface area contributed by atoms with Crippen molar-refractivity contribution in [2.24, 2.45) is 5.41 Å². The lowest BCUT2D eigenvalue weighted by molar-refractivity contribution is -0.145. The number of halogens is 3. The van der Waals surface area contributed by atoms with E-state index in [2.05, 4.69) is 9.97 Å². The SMILES string of the molecule is CC(C)(C)[C@H](C(=O)O)c1cnc(C(F)(F)F)nc1. The van der Waals surface area contributed by atoms with Crippen LogP contribution in [0.4, 0.5) is 13.2 Å². The van der Waals surface area contributed by atoms with Crippen molar-refractivity contribution in [1.82, 2.24) is 9.97 Å². The normalized spacial score (nSPS) is 14.3. The van der Waals surface area contributed by atoms with E-state index in [4.69, 9.17) is 5.11 Å². The number of nitrogens with zero attached hydrogens (tertiary/aromatic N) is 2. The van der Waals surface area contributed by atoms with Crippen molar-refractivity contribution in [1.29, 1.82) is 0 Å². The maximum atomic E-state index is 12.3. The minimum absolute atomic E-state index is 0.156. The van der Waals surface area contributed by atoms with Crippen molar-refractivity contribution in [2.45, 2.75) is 32.9 Å². The molecule has 0 spiro atoms. The smallest absolute Gasteiger partial charge is 0.451 e. The highest BCUT2D eigenvalue weighted by Gasteiger charge is 2.37. The van der Waals surface area contributed by atoms with Crippen molar-refractivity contribution in [3.8, 4) is 0 Å². The van der Waals surface area contributed by atoms with E-state index >= 15 is 0 Å². The van der Waals surface area contributed by atoms with Gasteiger partial charge in [-0.2, -0.15) is 13.2 Å². The summed E-state index contributed by atoms with van der Waals surface area (Å²) in [6.45, 7) is 5.05. The molecule has 0 radical (unpaired) electrons. The molecule has 0 bridgehead atoms. The van der Waals surface area contributed by atoms with Gasteiger partial charge in [-0.05, 0) is 5.41 Å². The summed E-state index contributed by atoms with van der Waals surface area (Å²) in [5.41, 5.74) is -0.488. The first-order valence-corrected chi connectivity index (χ1v) is 5.15. The standard InChI is InChI=1S/C11H13F3N2O2/c1-10(2,3)7(8(17)18)6-4-15-9(16-5-6)11(12,13)14/h4-5,7H,1-3H3,(H,17,18)/t7-/m0/s1. The molecule has 18 heavy (non-hydrogen) atoms. The van der Waals surface area contributed by atoms with Gasteiger partial charge in [-0.3, -0.25) is 4.79 Å². The maximum absolute atomic E-state index is 12.3. The second-order valence-corrected chi connectivity index (χ2v) is 4.98. The molecule has 0 amide bonds. The second-order valence-electron chi connectivity index (χ2n) is 4.98. The Morgan fingerprint density at radius 2 is 1.67 bits per heavy atom. The van der Waals surface area contributed by atoms with Crippen molar-refractivity contribution in [3.05, 3.63) is 23.8 Å². The molecule has 100 valence electrons. The molecule has 0 aliphatic heterocycles. The third kappa shape index (κ3) is 3.18. The first kappa shape index (κ1) is 14.4. The average molecular weight is 262 g/mol. The van der Waals surface area contributed by atoms with Crippen LogP contribution in [0.3, 0.4) is 0 Å². The van der Waals surface area contributed by atoms with Crippen molar-refractivity contribution in [3.63, 3.8) is 0 Å². The fourth-order valence-electron chi connectivity index (χ4n) is 1.65. The summed E-state index contributed by atoms with van der Waals surface area (Å²) in [5, 5.41) is 9.11. The van der Waals surface area contributed by atoms with Gasteiger partial charge in [-0.15, -0.1) is 0 Å². The molecule has 0 aliphatic carbocycles. The Kier molecular flexibility index (Phi) is 3.64. The molecule has 1 aromatic heterocycles. The van der Waals surface area contributed by atoms with Crippen LogP contribution in [0.2, 0.25) is 0 Å². The highest BCUT2D eigenvalue weighted by atomic mass is 19.4. The van der Waals surface area contributed by atoms with Crippen molar-refractivity contribution >= 4 is 5.97 Å². The summed E-state index contributed by atoms with van der Waals surface area (Å²) < 4.78 is 36.8. The Morgan fingerprint density at radius 1 is 1.22 bits per heavy atom. The fourth-order valence-corrected chi connectivity index (χ4v) is 1.65. The fraction of sp³-hybridized carbons (Fsp3) is 0.545. The van der Waals surface area contributed by atoms with Crippen LogP contribution in [-0.2, 0) is 11.0 Å². The zero-order chi connectivity index (χ0) is 14.1. The Balaban J connectivity index is 3.14. The number of hydrogen-bond donors (Lipinski definition) is 1. The topological polar surface area (TPSA) is 63.1 Å². The quantitative estimate of drug-likeness (QED) is 0.890. The van der Waals surface area contributed by atoms with E-state index in [1.54, 1.807) is 20.8 Å². The first-order valence-electron chi connectivity index (χ1n) is 5.15. The van der Waals surface area contributed by atoms with Gasteiger partial charge in [0.2, 0.25) is 5.82 Å².